The van der Waals surface area contributed by atoms with Crippen LogP contribution in [0, 0.1) is 0 Å². The van der Waals surface area contributed by atoms with Crippen molar-refractivity contribution in [3.63, 3.8) is 0 Å². The molecule has 0 saturated carbocycles. The molecule has 0 saturated heterocycles. The van der Waals surface area contributed by atoms with Gasteiger partial charge in [-0.2, -0.15) is 9.97 Å². The van der Waals surface area contributed by atoms with Gasteiger partial charge in [-0.25, -0.2) is 4.98 Å². The van der Waals surface area contributed by atoms with Crippen molar-refractivity contribution < 1.29 is 4.42 Å². The van der Waals surface area contributed by atoms with E-state index in [4.69, 9.17) is 19.4 Å². The summed E-state index contributed by atoms with van der Waals surface area (Å²) in [5, 5.41) is 5.66. The molecule has 240 valence electrons. The highest BCUT2D eigenvalue weighted by Gasteiger charge is 2.25. The Hall–Kier alpha value is -6.79. The van der Waals surface area contributed by atoms with Gasteiger partial charge in [0.15, 0.2) is 11.6 Å². The molecule has 0 unspecified atom stereocenters. The van der Waals surface area contributed by atoms with Crippen LogP contribution in [0.1, 0.15) is 17.7 Å². The lowest BCUT2D eigenvalue weighted by Gasteiger charge is -2.14. The van der Waals surface area contributed by atoms with Gasteiger partial charge in [-0.05, 0) is 66.9 Å². The molecule has 6 nitrogen and oxygen atoms in total. The molecule has 4 heterocycles. The molecule has 0 radical (unpaired) electrons. The number of hydrogen-bond acceptors (Lipinski definition) is 4. The van der Waals surface area contributed by atoms with Crippen LogP contribution >= 0.6 is 0 Å². The maximum atomic E-state index is 6.17. The van der Waals surface area contributed by atoms with E-state index in [1.54, 1.807) is 0 Å². The van der Waals surface area contributed by atoms with Crippen LogP contribution in [0.4, 0.5) is 0 Å². The van der Waals surface area contributed by atoms with Gasteiger partial charge in [0, 0.05) is 49.4 Å². The highest BCUT2D eigenvalue weighted by Crippen LogP contribution is 2.42. The van der Waals surface area contributed by atoms with Crippen LogP contribution in [0.15, 0.2) is 150 Å². The fraction of sp³-hybridized carbons (Fsp3) is 0.0444. The van der Waals surface area contributed by atoms with Gasteiger partial charge >= 0.3 is 0 Å². The second-order valence-electron chi connectivity index (χ2n) is 13.1. The molecule has 6 aromatic carbocycles. The first kappa shape index (κ1) is 28.1. The van der Waals surface area contributed by atoms with E-state index in [0.29, 0.717) is 17.6 Å². The maximum absolute atomic E-state index is 6.17. The fourth-order valence-electron chi connectivity index (χ4n) is 7.99. The van der Waals surface area contributed by atoms with Crippen molar-refractivity contribution in [3.05, 3.63) is 157 Å². The zero-order chi connectivity index (χ0) is 33.5. The van der Waals surface area contributed by atoms with Crippen LogP contribution in [0.5, 0.6) is 0 Å². The highest BCUT2D eigenvalue weighted by molar-refractivity contribution is 6.19. The molecule has 4 aromatic heterocycles. The third-order valence-electron chi connectivity index (χ3n) is 10.3. The number of aromatic nitrogens is 5. The quantitative estimate of drug-likeness (QED) is 0.189. The average molecular weight is 656 g/mol. The number of aryl methyl sites for hydroxylation is 1. The number of furan rings is 1. The molecule has 6 heteroatoms. The Labute approximate surface area is 292 Å². The number of nitrogens with zero attached hydrogens (tertiary/aromatic N) is 5. The number of fused-ring (bicyclic) bond motifs is 10. The van der Waals surface area contributed by atoms with Gasteiger partial charge in [0.2, 0.25) is 5.95 Å². The lowest BCUT2D eigenvalue weighted by atomic mass is 10.00. The largest absolute Gasteiger partial charge is 0.456 e. The van der Waals surface area contributed by atoms with Gasteiger partial charge in [-0.3, -0.25) is 4.57 Å². The van der Waals surface area contributed by atoms with Crippen molar-refractivity contribution in [1.29, 1.82) is 0 Å². The number of rotatable bonds is 4. The fourth-order valence-corrected chi connectivity index (χ4v) is 7.99. The van der Waals surface area contributed by atoms with Gasteiger partial charge in [0.05, 0.1) is 16.6 Å². The summed E-state index contributed by atoms with van der Waals surface area (Å²) < 4.78 is 10.9. The molecule has 0 fully saturated rings. The van der Waals surface area contributed by atoms with Crippen LogP contribution in [0.25, 0.3) is 95.1 Å². The smallest absolute Gasteiger partial charge is 0.238 e. The summed E-state index contributed by atoms with van der Waals surface area (Å²) in [6.45, 7) is 0. The molecule has 10 aromatic rings. The van der Waals surface area contributed by atoms with Gasteiger partial charge in [0.25, 0.3) is 0 Å². The molecule has 11 rings (SSSR count). The first-order chi connectivity index (χ1) is 25.3. The molecule has 0 bridgehead atoms. The summed E-state index contributed by atoms with van der Waals surface area (Å²) >= 11 is 0. The Balaban J connectivity index is 1.27. The van der Waals surface area contributed by atoms with Crippen LogP contribution in [-0.2, 0) is 6.42 Å². The predicted molar refractivity (Wildman–Crippen MR) is 207 cm³/mol. The van der Waals surface area contributed by atoms with Crippen LogP contribution in [0.3, 0.4) is 0 Å². The summed E-state index contributed by atoms with van der Waals surface area (Å²) in [4.78, 5) is 15.7. The normalized spacial score (nSPS) is 12.9. The Morgan fingerprint density at radius 1 is 0.510 bits per heavy atom. The Kier molecular flexibility index (Phi) is 5.98. The molecular formula is C45H29N5O. The predicted octanol–water partition coefficient (Wildman–Crippen LogP) is 11.1. The number of allylic oxidation sites excluding steroid dienone is 1. The summed E-state index contributed by atoms with van der Waals surface area (Å²) in [6, 6.07) is 48.4. The average Bonchev–Trinajstić information content (AvgIpc) is 3.86. The van der Waals surface area contributed by atoms with Crippen molar-refractivity contribution in [1.82, 2.24) is 24.1 Å². The first-order valence-electron chi connectivity index (χ1n) is 17.4. The minimum atomic E-state index is 0.573. The van der Waals surface area contributed by atoms with Gasteiger partial charge in [-0.15, -0.1) is 0 Å². The topological polar surface area (TPSA) is 61.7 Å². The maximum Gasteiger partial charge on any atom is 0.238 e. The van der Waals surface area contributed by atoms with E-state index in [0.717, 1.165) is 78.9 Å². The Morgan fingerprint density at radius 3 is 2.06 bits per heavy atom. The lowest BCUT2D eigenvalue weighted by molar-refractivity contribution is 0.669. The summed E-state index contributed by atoms with van der Waals surface area (Å²) in [5.74, 6) is 1.79. The minimum Gasteiger partial charge on any atom is -0.456 e. The van der Waals surface area contributed by atoms with Crippen molar-refractivity contribution in [3.8, 4) is 34.4 Å². The first-order valence-corrected chi connectivity index (χ1v) is 17.4. The third-order valence-corrected chi connectivity index (χ3v) is 10.3. The number of hydrogen-bond donors (Lipinski definition) is 0. The molecule has 1 aliphatic carbocycles. The Bertz CT molecular complexity index is 3020. The summed E-state index contributed by atoms with van der Waals surface area (Å²) in [6.07, 6.45) is 6.59. The van der Waals surface area contributed by atoms with Gasteiger partial charge in [-0.1, -0.05) is 103 Å². The molecule has 51 heavy (non-hydrogen) atoms. The van der Waals surface area contributed by atoms with E-state index < -0.39 is 0 Å². The van der Waals surface area contributed by atoms with Gasteiger partial charge in [0.1, 0.15) is 11.2 Å². The van der Waals surface area contributed by atoms with E-state index in [1.807, 2.05) is 48.5 Å². The van der Waals surface area contributed by atoms with E-state index in [2.05, 4.69) is 112 Å². The van der Waals surface area contributed by atoms with Crippen molar-refractivity contribution in [2.45, 2.75) is 12.8 Å². The van der Waals surface area contributed by atoms with Crippen molar-refractivity contribution in [2.75, 3.05) is 0 Å². The Morgan fingerprint density at radius 2 is 1.20 bits per heavy atom. The second kappa shape index (κ2) is 10.9. The molecular weight excluding hydrogens is 627 g/mol. The second-order valence-corrected chi connectivity index (χ2v) is 13.1. The standard InChI is InChI=1S/C45H29N5O/c1-3-13-28(14-4-1)43-46-44(29-23-26-40-36(27-29)33-19-9-12-22-39(33)51-40)48-45(47-43)50-38-21-11-8-18-32(38)35-25-24-34-31-17-7-10-20-37(31)49(41(34)42(35)50)30-15-5-2-6-16-30/h1-6,8-16,18-27H,7,17H2. The molecule has 1 aliphatic rings. The summed E-state index contributed by atoms with van der Waals surface area (Å²) in [7, 11) is 0. The highest BCUT2D eigenvalue weighted by atomic mass is 16.3. The van der Waals surface area contributed by atoms with Gasteiger partial charge < -0.3 is 8.98 Å². The minimum absolute atomic E-state index is 0.573. The SMILES string of the molecule is C1=Cc2c(c3ccc4c5ccccc5n(-c5nc(-c6ccccc6)nc(-c6ccc7oc8ccccc8c7c6)n5)c4c3n2-c2ccccc2)CC1. The lowest BCUT2D eigenvalue weighted by Crippen LogP contribution is -2.07. The number of benzene rings is 6. The third kappa shape index (κ3) is 4.20. The molecule has 0 atom stereocenters. The van der Waals surface area contributed by atoms with E-state index >= 15 is 0 Å². The van der Waals surface area contributed by atoms with Crippen molar-refractivity contribution >= 4 is 60.7 Å². The monoisotopic (exact) mass is 655 g/mol. The number of para-hydroxylation sites is 3. The zero-order valence-electron chi connectivity index (χ0n) is 27.5. The van der Waals surface area contributed by atoms with E-state index in [9.17, 15) is 0 Å². The van der Waals surface area contributed by atoms with E-state index in [-0.39, 0.29) is 0 Å². The van der Waals surface area contributed by atoms with Crippen LogP contribution < -0.4 is 0 Å². The van der Waals surface area contributed by atoms with E-state index in [1.165, 1.54) is 16.6 Å². The van der Waals surface area contributed by atoms with Crippen LogP contribution in [0.2, 0.25) is 0 Å². The molecule has 0 N–H and O–H groups in total. The van der Waals surface area contributed by atoms with Crippen LogP contribution in [-0.4, -0.2) is 24.1 Å². The molecule has 0 aliphatic heterocycles. The summed E-state index contributed by atoms with van der Waals surface area (Å²) in [5.41, 5.74) is 10.5. The van der Waals surface area contributed by atoms with Crippen molar-refractivity contribution in [2.24, 2.45) is 0 Å². The zero-order valence-corrected chi connectivity index (χ0v) is 27.5. The molecule has 0 amide bonds. The molecule has 0 spiro atoms.